The predicted octanol–water partition coefficient (Wildman–Crippen LogP) is 2.44. The minimum Gasteiger partial charge on any atom is -0.496 e. The Labute approximate surface area is 133 Å². The van der Waals surface area contributed by atoms with E-state index in [0.29, 0.717) is 6.61 Å². The standard InChI is InChI=1S/C15H20BrN3O2/c1-20-6-5-17-8-13-9-18-19(11-13)10-12-3-4-15(21-2)14(16)7-12/h3-4,7,9,11,17H,5-6,8,10H2,1-2H3. The fourth-order valence-electron chi connectivity index (χ4n) is 1.99. The molecule has 21 heavy (non-hydrogen) atoms. The first-order chi connectivity index (χ1) is 10.2. The third kappa shape index (κ3) is 4.84. The van der Waals surface area contributed by atoms with Gasteiger partial charge in [-0.05, 0) is 33.6 Å². The van der Waals surface area contributed by atoms with E-state index < -0.39 is 0 Å². The van der Waals surface area contributed by atoms with Crippen molar-refractivity contribution < 1.29 is 9.47 Å². The van der Waals surface area contributed by atoms with Crippen molar-refractivity contribution in [3.8, 4) is 5.75 Å². The van der Waals surface area contributed by atoms with E-state index in [4.69, 9.17) is 9.47 Å². The predicted molar refractivity (Wildman–Crippen MR) is 85.6 cm³/mol. The largest absolute Gasteiger partial charge is 0.496 e. The molecule has 1 aromatic carbocycles. The van der Waals surface area contributed by atoms with Crippen molar-refractivity contribution in [3.05, 3.63) is 46.2 Å². The molecule has 1 aromatic heterocycles. The summed E-state index contributed by atoms with van der Waals surface area (Å²) >= 11 is 3.50. The quantitative estimate of drug-likeness (QED) is 0.740. The summed E-state index contributed by atoms with van der Waals surface area (Å²) in [6.07, 6.45) is 3.94. The van der Waals surface area contributed by atoms with Gasteiger partial charge in [-0.2, -0.15) is 5.10 Å². The fraction of sp³-hybridized carbons (Fsp3) is 0.400. The number of nitrogens with one attached hydrogen (secondary N) is 1. The highest BCUT2D eigenvalue weighted by atomic mass is 79.9. The molecular formula is C15H20BrN3O2. The van der Waals surface area contributed by atoms with E-state index in [1.54, 1.807) is 14.2 Å². The molecule has 0 saturated heterocycles. The Morgan fingerprint density at radius 3 is 2.86 bits per heavy atom. The first-order valence-corrected chi connectivity index (χ1v) is 7.55. The molecule has 0 aliphatic carbocycles. The average molecular weight is 354 g/mol. The Bertz CT molecular complexity index is 572. The highest BCUT2D eigenvalue weighted by molar-refractivity contribution is 9.10. The molecule has 2 aromatic rings. The second kappa shape index (κ2) is 8.17. The van der Waals surface area contributed by atoms with Gasteiger partial charge in [-0.15, -0.1) is 0 Å². The van der Waals surface area contributed by atoms with Crippen LogP contribution in [0.1, 0.15) is 11.1 Å². The van der Waals surface area contributed by atoms with E-state index in [9.17, 15) is 0 Å². The lowest BCUT2D eigenvalue weighted by atomic mass is 10.2. The van der Waals surface area contributed by atoms with Crippen molar-refractivity contribution in [2.24, 2.45) is 0 Å². The lowest BCUT2D eigenvalue weighted by molar-refractivity contribution is 0.199. The topological polar surface area (TPSA) is 48.3 Å². The van der Waals surface area contributed by atoms with Crippen LogP contribution in [0.3, 0.4) is 0 Å². The Balaban J connectivity index is 1.91. The number of methoxy groups -OCH3 is 2. The number of hydrogen-bond donors (Lipinski definition) is 1. The maximum Gasteiger partial charge on any atom is 0.133 e. The lowest BCUT2D eigenvalue weighted by Crippen LogP contribution is -2.18. The van der Waals surface area contributed by atoms with Crippen molar-refractivity contribution in [3.63, 3.8) is 0 Å². The minimum atomic E-state index is 0.716. The molecule has 0 fully saturated rings. The molecule has 0 aliphatic rings. The van der Waals surface area contributed by atoms with Gasteiger partial charge in [0, 0.05) is 32.0 Å². The van der Waals surface area contributed by atoms with Crippen molar-refractivity contribution in [2.75, 3.05) is 27.4 Å². The maximum atomic E-state index is 5.23. The number of rotatable bonds is 8. The number of halogens is 1. The monoisotopic (exact) mass is 353 g/mol. The Hall–Kier alpha value is -1.37. The van der Waals surface area contributed by atoms with Crippen molar-refractivity contribution in [2.45, 2.75) is 13.1 Å². The Morgan fingerprint density at radius 1 is 1.29 bits per heavy atom. The first-order valence-electron chi connectivity index (χ1n) is 6.76. The van der Waals surface area contributed by atoms with Crippen LogP contribution >= 0.6 is 15.9 Å². The van der Waals surface area contributed by atoms with Crippen LogP contribution < -0.4 is 10.1 Å². The van der Waals surface area contributed by atoms with Crippen LogP contribution in [-0.2, 0) is 17.8 Å². The van der Waals surface area contributed by atoms with Crippen LogP contribution in [0.5, 0.6) is 5.75 Å². The maximum absolute atomic E-state index is 5.23. The molecule has 1 N–H and O–H groups in total. The second-order valence-corrected chi connectivity index (χ2v) is 5.54. The zero-order valence-corrected chi connectivity index (χ0v) is 13.9. The highest BCUT2D eigenvalue weighted by Crippen LogP contribution is 2.25. The number of benzene rings is 1. The van der Waals surface area contributed by atoms with Gasteiger partial charge in [-0.3, -0.25) is 4.68 Å². The van der Waals surface area contributed by atoms with Gasteiger partial charge in [-0.1, -0.05) is 6.07 Å². The molecule has 0 bridgehead atoms. The zero-order valence-electron chi connectivity index (χ0n) is 12.3. The number of aromatic nitrogens is 2. The molecule has 0 atom stereocenters. The fourth-order valence-corrected chi connectivity index (χ4v) is 2.57. The summed E-state index contributed by atoms with van der Waals surface area (Å²) in [6, 6.07) is 6.05. The molecule has 0 radical (unpaired) electrons. The summed E-state index contributed by atoms with van der Waals surface area (Å²) in [5.41, 5.74) is 2.34. The average Bonchev–Trinajstić information content (AvgIpc) is 2.91. The van der Waals surface area contributed by atoms with Crippen molar-refractivity contribution in [1.29, 1.82) is 0 Å². The van der Waals surface area contributed by atoms with E-state index >= 15 is 0 Å². The molecule has 2 rings (SSSR count). The summed E-state index contributed by atoms with van der Waals surface area (Å²) < 4.78 is 13.1. The summed E-state index contributed by atoms with van der Waals surface area (Å²) in [5.74, 6) is 0.835. The van der Waals surface area contributed by atoms with Gasteiger partial charge >= 0.3 is 0 Å². The molecular weight excluding hydrogens is 334 g/mol. The lowest BCUT2D eigenvalue weighted by Gasteiger charge is -2.06. The number of ether oxygens (including phenoxy) is 2. The number of hydrogen-bond acceptors (Lipinski definition) is 4. The van der Waals surface area contributed by atoms with Gasteiger partial charge in [0.2, 0.25) is 0 Å². The van der Waals surface area contributed by atoms with Gasteiger partial charge in [0.15, 0.2) is 0 Å². The summed E-state index contributed by atoms with van der Waals surface area (Å²) in [6.45, 7) is 3.09. The van der Waals surface area contributed by atoms with Gasteiger partial charge in [0.1, 0.15) is 5.75 Å². The van der Waals surface area contributed by atoms with Gasteiger partial charge in [0.05, 0.1) is 30.9 Å². The smallest absolute Gasteiger partial charge is 0.133 e. The third-order valence-corrected chi connectivity index (χ3v) is 3.68. The Kier molecular flexibility index (Phi) is 6.22. The van der Waals surface area contributed by atoms with Crippen LogP contribution in [0.2, 0.25) is 0 Å². The molecule has 0 spiro atoms. The van der Waals surface area contributed by atoms with Crippen LogP contribution in [0.4, 0.5) is 0 Å². The Morgan fingerprint density at radius 2 is 2.14 bits per heavy atom. The van der Waals surface area contributed by atoms with E-state index in [1.165, 1.54) is 11.1 Å². The number of nitrogens with zero attached hydrogens (tertiary/aromatic N) is 2. The SMILES string of the molecule is COCCNCc1cnn(Cc2ccc(OC)c(Br)c2)c1. The van der Waals surface area contributed by atoms with Gasteiger partial charge in [-0.25, -0.2) is 0 Å². The van der Waals surface area contributed by atoms with Crippen molar-refractivity contribution >= 4 is 15.9 Å². The molecule has 114 valence electrons. The van der Waals surface area contributed by atoms with E-state index in [-0.39, 0.29) is 0 Å². The van der Waals surface area contributed by atoms with Crippen LogP contribution in [-0.4, -0.2) is 37.2 Å². The van der Waals surface area contributed by atoms with Gasteiger partial charge in [0.25, 0.3) is 0 Å². The van der Waals surface area contributed by atoms with E-state index in [0.717, 1.165) is 29.9 Å². The molecule has 5 nitrogen and oxygen atoms in total. The summed E-state index contributed by atoms with van der Waals surface area (Å²) in [7, 11) is 3.36. The second-order valence-electron chi connectivity index (χ2n) is 4.68. The molecule has 6 heteroatoms. The highest BCUT2D eigenvalue weighted by Gasteiger charge is 2.03. The van der Waals surface area contributed by atoms with Gasteiger partial charge < -0.3 is 14.8 Å². The molecule has 0 unspecified atom stereocenters. The van der Waals surface area contributed by atoms with Crippen LogP contribution in [0, 0.1) is 0 Å². The van der Waals surface area contributed by atoms with Crippen LogP contribution in [0.15, 0.2) is 35.1 Å². The summed E-state index contributed by atoms with van der Waals surface area (Å²) in [5, 5.41) is 7.68. The third-order valence-electron chi connectivity index (χ3n) is 3.06. The summed E-state index contributed by atoms with van der Waals surface area (Å²) in [4.78, 5) is 0. The van der Waals surface area contributed by atoms with E-state index in [2.05, 4.69) is 38.6 Å². The molecule has 0 amide bonds. The van der Waals surface area contributed by atoms with Crippen LogP contribution in [0.25, 0.3) is 0 Å². The van der Waals surface area contributed by atoms with Crippen molar-refractivity contribution in [1.82, 2.24) is 15.1 Å². The zero-order chi connectivity index (χ0) is 15.1. The molecule has 0 aliphatic heterocycles. The molecule has 1 heterocycles. The first kappa shape index (κ1) is 16.0. The minimum absolute atomic E-state index is 0.716. The van der Waals surface area contributed by atoms with E-state index in [1.807, 2.05) is 23.0 Å². The normalized spacial score (nSPS) is 10.8. The molecule has 0 saturated carbocycles.